The number of ether oxygens (including phenoxy) is 1. The number of rotatable bonds is 2. The quantitative estimate of drug-likeness (QED) is 0.799. The largest absolute Gasteiger partial charge is 0.480 e. The van der Waals surface area contributed by atoms with Crippen LogP contribution >= 0.6 is 11.6 Å². The van der Waals surface area contributed by atoms with Crippen LogP contribution in [-0.2, 0) is 9.53 Å². The van der Waals surface area contributed by atoms with E-state index >= 15 is 0 Å². The van der Waals surface area contributed by atoms with Crippen LogP contribution < -0.4 is 0 Å². The molecule has 88 valence electrons. The number of ketones is 1. The first-order valence-corrected chi connectivity index (χ1v) is 5.74. The van der Waals surface area contributed by atoms with Crippen molar-refractivity contribution in [2.45, 2.75) is 19.4 Å². The first kappa shape index (κ1) is 11.9. The summed E-state index contributed by atoms with van der Waals surface area (Å²) in [7, 11) is 0. The molecule has 1 aromatic rings. The van der Waals surface area contributed by atoms with Gasteiger partial charge in [0.05, 0.1) is 0 Å². The maximum Gasteiger partial charge on any atom is 0.202 e. The van der Waals surface area contributed by atoms with Crippen molar-refractivity contribution in [3.8, 4) is 0 Å². The van der Waals surface area contributed by atoms with Crippen LogP contribution in [-0.4, -0.2) is 11.4 Å². The zero-order valence-electron chi connectivity index (χ0n) is 9.74. The molecule has 0 amide bonds. The van der Waals surface area contributed by atoms with Crippen LogP contribution in [0, 0.1) is 0 Å². The Morgan fingerprint density at radius 1 is 1.18 bits per heavy atom. The predicted molar refractivity (Wildman–Crippen MR) is 68.7 cm³/mol. The Morgan fingerprint density at radius 2 is 1.82 bits per heavy atom. The molecule has 0 spiro atoms. The summed E-state index contributed by atoms with van der Waals surface area (Å²) in [6.07, 6.45) is 5.19. The molecule has 1 heterocycles. The van der Waals surface area contributed by atoms with Gasteiger partial charge in [-0.3, -0.25) is 4.79 Å². The fourth-order valence-corrected chi connectivity index (χ4v) is 1.64. The Kier molecular flexibility index (Phi) is 3.07. The van der Waals surface area contributed by atoms with Crippen molar-refractivity contribution < 1.29 is 9.53 Å². The third-order valence-electron chi connectivity index (χ3n) is 2.55. The molecule has 0 unspecified atom stereocenters. The maximum atomic E-state index is 11.5. The third kappa shape index (κ3) is 2.77. The van der Waals surface area contributed by atoms with Crippen LogP contribution in [0.25, 0.3) is 6.08 Å². The van der Waals surface area contributed by atoms with Gasteiger partial charge in [-0.25, -0.2) is 0 Å². The molecule has 17 heavy (non-hydrogen) atoms. The molecule has 0 aliphatic carbocycles. The molecule has 0 atom stereocenters. The highest BCUT2D eigenvalue weighted by Crippen LogP contribution is 2.25. The molecule has 0 radical (unpaired) electrons. The lowest BCUT2D eigenvalue weighted by Crippen LogP contribution is -2.27. The van der Waals surface area contributed by atoms with Crippen LogP contribution in [0.1, 0.15) is 19.4 Å². The topological polar surface area (TPSA) is 26.3 Å². The summed E-state index contributed by atoms with van der Waals surface area (Å²) in [5.41, 5.74) is 0.274. The van der Waals surface area contributed by atoms with Gasteiger partial charge in [-0.1, -0.05) is 29.8 Å². The van der Waals surface area contributed by atoms with Gasteiger partial charge in [0.2, 0.25) is 5.78 Å². The lowest BCUT2D eigenvalue weighted by molar-refractivity contribution is -0.126. The number of allylic oxidation sites excluding steroid dienone is 1. The van der Waals surface area contributed by atoms with E-state index in [0.29, 0.717) is 10.8 Å². The van der Waals surface area contributed by atoms with E-state index in [1.165, 1.54) is 6.08 Å². The molecule has 0 N–H and O–H groups in total. The number of carbonyl (C=O) groups excluding carboxylic acids is 1. The number of hydrogen-bond acceptors (Lipinski definition) is 2. The van der Waals surface area contributed by atoms with Crippen molar-refractivity contribution in [3.05, 3.63) is 52.8 Å². The molecule has 0 saturated carbocycles. The smallest absolute Gasteiger partial charge is 0.202 e. The standard InChI is InChI=1S/C14H13ClO2/c1-14(2)13(16)9-12(17-14)8-5-10-3-6-11(15)7-4-10/h3-9H,1-2H3. The van der Waals surface area contributed by atoms with Crippen molar-refractivity contribution in [3.63, 3.8) is 0 Å². The molecule has 1 aliphatic heterocycles. The first-order chi connectivity index (χ1) is 7.97. The first-order valence-electron chi connectivity index (χ1n) is 5.36. The van der Waals surface area contributed by atoms with Gasteiger partial charge in [0.15, 0.2) is 5.60 Å². The van der Waals surface area contributed by atoms with E-state index in [1.807, 2.05) is 30.3 Å². The molecule has 1 aromatic carbocycles. The summed E-state index contributed by atoms with van der Waals surface area (Å²) in [6.45, 7) is 3.52. The molecule has 2 rings (SSSR count). The number of benzene rings is 1. The van der Waals surface area contributed by atoms with Crippen molar-refractivity contribution in [1.29, 1.82) is 0 Å². The Balaban J connectivity index is 2.10. The Hall–Kier alpha value is -1.54. The third-order valence-corrected chi connectivity index (χ3v) is 2.80. The highest BCUT2D eigenvalue weighted by atomic mass is 35.5. The molecule has 3 heteroatoms. The maximum absolute atomic E-state index is 11.5. The number of halogens is 1. The molecule has 0 bridgehead atoms. The summed E-state index contributed by atoms with van der Waals surface area (Å²) in [6, 6.07) is 7.45. The average molecular weight is 249 g/mol. The highest BCUT2D eigenvalue weighted by molar-refractivity contribution is 6.30. The Bertz CT molecular complexity index is 495. The lowest BCUT2D eigenvalue weighted by atomic mass is 10.1. The normalized spacial score (nSPS) is 18.3. The van der Waals surface area contributed by atoms with Crippen molar-refractivity contribution >= 4 is 23.5 Å². The van der Waals surface area contributed by atoms with Gasteiger partial charge < -0.3 is 4.74 Å². The number of hydrogen-bond donors (Lipinski definition) is 0. The Morgan fingerprint density at radius 3 is 2.35 bits per heavy atom. The molecular formula is C14H13ClO2. The van der Waals surface area contributed by atoms with Gasteiger partial charge in [0.1, 0.15) is 5.76 Å². The minimum Gasteiger partial charge on any atom is -0.480 e. The second-order valence-electron chi connectivity index (χ2n) is 4.41. The molecule has 0 fully saturated rings. The van der Waals surface area contributed by atoms with Gasteiger partial charge in [0.25, 0.3) is 0 Å². The van der Waals surface area contributed by atoms with E-state index < -0.39 is 5.60 Å². The van der Waals surface area contributed by atoms with E-state index in [2.05, 4.69) is 0 Å². The van der Waals surface area contributed by atoms with Gasteiger partial charge >= 0.3 is 0 Å². The monoisotopic (exact) mass is 248 g/mol. The molecule has 1 aliphatic rings. The summed E-state index contributed by atoms with van der Waals surface area (Å²) >= 11 is 5.79. The van der Waals surface area contributed by atoms with Crippen LogP contribution in [0.4, 0.5) is 0 Å². The van der Waals surface area contributed by atoms with E-state index in [1.54, 1.807) is 19.9 Å². The summed E-state index contributed by atoms with van der Waals surface area (Å²) < 4.78 is 5.51. The lowest BCUT2D eigenvalue weighted by Gasteiger charge is -2.16. The molecular weight excluding hydrogens is 236 g/mol. The van der Waals surface area contributed by atoms with Crippen molar-refractivity contribution in [2.24, 2.45) is 0 Å². The fraction of sp³-hybridized carbons (Fsp3) is 0.214. The minimum absolute atomic E-state index is 0.00624. The van der Waals surface area contributed by atoms with Crippen molar-refractivity contribution in [1.82, 2.24) is 0 Å². The van der Waals surface area contributed by atoms with Gasteiger partial charge in [-0.05, 0) is 37.6 Å². The summed E-state index contributed by atoms with van der Waals surface area (Å²) in [5.74, 6) is 0.586. The van der Waals surface area contributed by atoms with E-state index in [9.17, 15) is 4.79 Å². The highest BCUT2D eigenvalue weighted by Gasteiger charge is 2.33. The fourth-order valence-electron chi connectivity index (χ4n) is 1.51. The van der Waals surface area contributed by atoms with Crippen LogP contribution in [0.15, 0.2) is 42.2 Å². The second-order valence-corrected chi connectivity index (χ2v) is 4.84. The van der Waals surface area contributed by atoms with Crippen LogP contribution in [0.2, 0.25) is 5.02 Å². The van der Waals surface area contributed by atoms with E-state index in [0.717, 1.165) is 5.56 Å². The van der Waals surface area contributed by atoms with Crippen molar-refractivity contribution in [2.75, 3.05) is 0 Å². The SMILES string of the molecule is CC1(C)OC(C=Cc2ccc(Cl)cc2)=CC1=O. The summed E-state index contributed by atoms with van der Waals surface area (Å²) in [4.78, 5) is 11.5. The summed E-state index contributed by atoms with van der Waals surface area (Å²) in [5, 5.41) is 0.704. The zero-order chi connectivity index (χ0) is 12.5. The molecule has 0 saturated heterocycles. The minimum atomic E-state index is -0.736. The van der Waals surface area contributed by atoms with E-state index in [4.69, 9.17) is 16.3 Å². The Labute approximate surface area is 106 Å². The van der Waals surface area contributed by atoms with Crippen LogP contribution in [0.5, 0.6) is 0 Å². The van der Waals surface area contributed by atoms with E-state index in [-0.39, 0.29) is 5.78 Å². The molecule has 2 nitrogen and oxygen atoms in total. The predicted octanol–water partition coefficient (Wildman–Crippen LogP) is 3.62. The zero-order valence-corrected chi connectivity index (χ0v) is 10.5. The van der Waals surface area contributed by atoms with Gasteiger partial charge in [-0.15, -0.1) is 0 Å². The number of carbonyl (C=O) groups is 1. The second kappa shape index (κ2) is 4.38. The average Bonchev–Trinajstić information content (AvgIpc) is 2.52. The van der Waals surface area contributed by atoms with Gasteiger partial charge in [0, 0.05) is 11.1 Å². The van der Waals surface area contributed by atoms with Crippen LogP contribution in [0.3, 0.4) is 0 Å². The molecule has 0 aromatic heterocycles. The van der Waals surface area contributed by atoms with Gasteiger partial charge in [-0.2, -0.15) is 0 Å².